The molecule has 0 fully saturated rings. The molecule has 0 unspecified atom stereocenters. The molecule has 0 aromatic rings. The minimum absolute atomic E-state index is 0.0260. The van der Waals surface area contributed by atoms with E-state index in [0.717, 1.165) is 6.42 Å². The van der Waals surface area contributed by atoms with Crippen LogP contribution in [0.2, 0.25) is 0 Å². The molecule has 0 amide bonds. The van der Waals surface area contributed by atoms with Crippen molar-refractivity contribution in [3.63, 3.8) is 0 Å². The first-order chi connectivity index (χ1) is 4.27. The van der Waals surface area contributed by atoms with Crippen LogP contribution in [0.3, 0.4) is 0 Å². The second kappa shape index (κ2) is 2.91. The molecule has 0 atom stereocenters. The van der Waals surface area contributed by atoms with Gasteiger partial charge in [0.2, 0.25) is 0 Å². The predicted octanol–water partition coefficient (Wildman–Crippen LogP) is 2.85. The molecule has 0 radical (unpaired) electrons. The first kappa shape index (κ1) is 9.96. The Morgan fingerprint density at radius 1 is 1.00 bits per heavy atom. The largest absolute Gasteiger partial charge is 0.379 e. The highest BCUT2D eigenvalue weighted by molar-refractivity contribution is 4.76. The number of hydrogen-bond donors (Lipinski definition) is 0. The van der Waals surface area contributed by atoms with Gasteiger partial charge in [0, 0.05) is 7.11 Å². The van der Waals surface area contributed by atoms with Crippen molar-refractivity contribution in [3.8, 4) is 0 Å². The van der Waals surface area contributed by atoms with Crippen LogP contribution >= 0.6 is 0 Å². The van der Waals surface area contributed by atoms with Crippen LogP contribution in [0.1, 0.15) is 41.0 Å². The van der Waals surface area contributed by atoms with Gasteiger partial charge in [0.1, 0.15) is 0 Å². The summed E-state index contributed by atoms with van der Waals surface area (Å²) in [5.41, 5.74) is 0.387. The molecule has 10 heavy (non-hydrogen) atoms. The van der Waals surface area contributed by atoms with E-state index in [0.29, 0.717) is 5.41 Å². The van der Waals surface area contributed by atoms with Gasteiger partial charge in [0.05, 0.1) is 5.60 Å². The number of rotatable bonds is 2. The lowest BCUT2D eigenvalue weighted by atomic mass is 9.84. The van der Waals surface area contributed by atoms with E-state index < -0.39 is 0 Å². The molecule has 0 spiro atoms. The van der Waals surface area contributed by atoms with Gasteiger partial charge in [-0.15, -0.1) is 0 Å². The van der Waals surface area contributed by atoms with E-state index >= 15 is 0 Å². The summed E-state index contributed by atoms with van der Waals surface area (Å²) in [7, 11) is 1.77. The third-order valence-corrected chi connectivity index (χ3v) is 1.51. The fraction of sp³-hybridized carbons (Fsp3) is 1.00. The molecule has 0 aromatic heterocycles. The number of hydrogen-bond acceptors (Lipinski definition) is 1. The van der Waals surface area contributed by atoms with Crippen LogP contribution in [0.15, 0.2) is 0 Å². The molecule has 0 bridgehead atoms. The fourth-order valence-corrected chi connectivity index (χ4v) is 1.35. The first-order valence-corrected chi connectivity index (χ1v) is 3.82. The summed E-state index contributed by atoms with van der Waals surface area (Å²) in [6.07, 6.45) is 1.09. The topological polar surface area (TPSA) is 9.23 Å². The van der Waals surface area contributed by atoms with Crippen LogP contribution in [0.25, 0.3) is 0 Å². The summed E-state index contributed by atoms with van der Waals surface area (Å²) in [6, 6.07) is 0. The summed E-state index contributed by atoms with van der Waals surface area (Å²) in [5, 5.41) is 0. The van der Waals surface area contributed by atoms with E-state index in [-0.39, 0.29) is 5.60 Å². The minimum atomic E-state index is 0.0260. The molecule has 0 heterocycles. The maximum atomic E-state index is 5.31. The molecule has 62 valence electrons. The van der Waals surface area contributed by atoms with Gasteiger partial charge >= 0.3 is 0 Å². The van der Waals surface area contributed by atoms with Gasteiger partial charge in [-0.05, 0) is 25.7 Å². The van der Waals surface area contributed by atoms with Gasteiger partial charge in [0.25, 0.3) is 0 Å². The van der Waals surface area contributed by atoms with Crippen LogP contribution in [-0.2, 0) is 4.74 Å². The Balaban J connectivity index is 3.89. The lowest BCUT2D eigenvalue weighted by Gasteiger charge is -2.30. The maximum Gasteiger partial charge on any atom is 0.0627 e. The van der Waals surface area contributed by atoms with E-state index in [1.165, 1.54) is 0 Å². The van der Waals surface area contributed by atoms with Gasteiger partial charge in [-0.1, -0.05) is 20.8 Å². The molecule has 0 aliphatic rings. The first-order valence-electron chi connectivity index (χ1n) is 3.82. The summed E-state index contributed by atoms with van der Waals surface area (Å²) in [4.78, 5) is 0. The fourth-order valence-electron chi connectivity index (χ4n) is 1.35. The number of ether oxygens (including phenoxy) is 1. The Morgan fingerprint density at radius 3 is 1.50 bits per heavy atom. The molecular weight excluding hydrogens is 124 g/mol. The van der Waals surface area contributed by atoms with Crippen molar-refractivity contribution in [1.82, 2.24) is 0 Å². The van der Waals surface area contributed by atoms with Crippen LogP contribution in [-0.4, -0.2) is 12.7 Å². The Labute approximate surface area is 64.8 Å². The molecule has 0 rings (SSSR count). The Hall–Kier alpha value is -0.0400. The molecular formula is C9H20O. The van der Waals surface area contributed by atoms with Gasteiger partial charge in [-0.3, -0.25) is 0 Å². The van der Waals surface area contributed by atoms with Crippen molar-refractivity contribution in [3.05, 3.63) is 0 Å². The van der Waals surface area contributed by atoms with Crippen molar-refractivity contribution < 1.29 is 4.74 Å². The third kappa shape index (κ3) is 4.80. The maximum absolute atomic E-state index is 5.31. The molecule has 1 heteroatoms. The van der Waals surface area contributed by atoms with Crippen molar-refractivity contribution in [2.45, 2.75) is 46.6 Å². The van der Waals surface area contributed by atoms with Gasteiger partial charge in [-0.25, -0.2) is 0 Å². The molecule has 0 N–H and O–H groups in total. The van der Waals surface area contributed by atoms with Crippen LogP contribution in [0.4, 0.5) is 0 Å². The lowest BCUT2D eigenvalue weighted by Crippen LogP contribution is -2.28. The zero-order chi connectivity index (χ0) is 8.41. The second-order valence-corrected chi connectivity index (χ2v) is 4.70. The van der Waals surface area contributed by atoms with Gasteiger partial charge in [0.15, 0.2) is 0 Å². The van der Waals surface area contributed by atoms with E-state index in [1.807, 2.05) is 0 Å². The molecule has 0 aliphatic carbocycles. The average Bonchev–Trinajstić information content (AvgIpc) is 1.60. The summed E-state index contributed by atoms with van der Waals surface area (Å²) >= 11 is 0. The molecule has 1 nitrogen and oxygen atoms in total. The normalized spacial score (nSPS) is 13.8. The van der Waals surface area contributed by atoms with E-state index in [2.05, 4.69) is 34.6 Å². The van der Waals surface area contributed by atoms with Crippen LogP contribution in [0.5, 0.6) is 0 Å². The van der Waals surface area contributed by atoms with Crippen LogP contribution in [0, 0.1) is 5.41 Å². The monoisotopic (exact) mass is 144 g/mol. The zero-order valence-electron chi connectivity index (χ0n) is 8.12. The van der Waals surface area contributed by atoms with E-state index in [1.54, 1.807) is 7.11 Å². The minimum Gasteiger partial charge on any atom is -0.379 e. The predicted molar refractivity (Wildman–Crippen MR) is 45.2 cm³/mol. The SMILES string of the molecule is COC(C)(C)CC(C)(C)C. The smallest absolute Gasteiger partial charge is 0.0627 e. The second-order valence-electron chi connectivity index (χ2n) is 4.70. The summed E-state index contributed by atoms with van der Waals surface area (Å²) in [5.74, 6) is 0. The summed E-state index contributed by atoms with van der Waals surface area (Å²) < 4.78 is 5.31. The summed E-state index contributed by atoms with van der Waals surface area (Å²) in [6.45, 7) is 10.9. The Kier molecular flexibility index (Phi) is 2.90. The van der Waals surface area contributed by atoms with Crippen molar-refractivity contribution >= 4 is 0 Å². The van der Waals surface area contributed by atoms with Crippen molar-refractivity contribution in [2.75, 3.05) is 7.11 Å². The highest BCUT2D eigenvalue weighted by Gasteiger charge is 2.24. The van der Waals surface area contributed by atoms with Gasteiger partial charge < -0.3 is 4.74 Å². The zero-order valence-corrected chi connectivity index (χ0v) is 8.12. The highest BCUT2D eigenvalue weighted by atomic mass is 16.5. The quantitative estimate of drug-likeness (QED) is 0.579. The van der Waals surface area contributed by atoms with E-state index in [9.17, 15) is 0 Å². The molecule has 0 saturated heterocycles. The Morgan fingerprint density at radius 2 is 1.40 bits per heavy atom. The number of methoxy groups -OCH3 is 1. The lowest BCUT2D eigenvalue weighted by molar-refractivity contribution is -0.00934. The molecule has 0 aromatic carbocycles. The van der Waals surface area contributed by atoms with Gasteiger partial charge in [-0.2, -0.15) is 0 Å². The van der Waals surface area contributed by atoms with Crippen molar-refractivity contribution in [1.29, 1.82) is 0 Å². The average molecular weight is 144 g/mol. The van der Waals surface area contributed by atoms with Crippen molar-refractivity contribution in [2.24, 2.45) is 5.41 Å². The molecule has 0 saturated carbocycles. The highest BCUT2D eigenvalue weighted by Crippen LogP contribution is 2.28. The third-order valence-electron chi connectivity index (χ3n) is 1.51. The standard InChI is InChI=1S/C9H20O/c1-8(2,3)7-9(4,5)10-6/h7H2,1-6H3. The van der Waals surface area contributed by atoms with Crippen LogP contribution < -0.4 is 0 Å². The van der Waals surface area contributed by atoms with E-state index in [4.69, 9.17) is 4.74 Å². The Bertz CT molecular complexity index is 97.8. The molecule has 0 aliphatic heterocycles.